The highest BCUT2D eigenvalue weighted by molar-refractivity contribution is 6.31. The number of benzene rings is 2. The van der Waals surface area contributed by atoms with Crippen molar-refractivity contribution < 1.29 is 23.3 Å². The molecule has 2 heterocycles. The summed E-state index contributed by atoms with van der Waals surface area (Å²) in [5.41, 5.74) is 3.15. The number of anilines is 1. The van der Waals surface area contributed by atoms with Gasteiger partial charge in [0.25, 0.3) is 17.5 Å². The third-order valence-electron chi connectivity index (χ3n) is 4.25. The summed E-state index contributed by atoms with van der Waals surface area (Å²) in [6.45, 7) is 0. The lowest BCUT2D eigenvalue weighted by Crippen LogP contribution is -2.35. The zero-order valence-corrected chi connectivity index (χ0v) is 14.7. The van der Waals surface area contributed by atoms with E-state index < -0.39 is 22.6 Å². The first kappa shape index (κ1) is 18.1. The van der Waals surface area contributed by atoms with E-state index in [2.05, 4.69) is 5.43 Å². The van der Waals surface area contributed by atoms with Gasteiger partial charge in [-0.1, -0.05) is 0 Å². The number of amides is 2. The molecule has 1 aliphatic heterocycles. The van der Waals surface area contributed by atoms with Gasteiger partial charge in [0.2, 0.25) is 0 Å². The normalized spacial score (nSPS) is 15.1. The Morgan fingerprint density at radius 1 is 1.00 bits per heavy atom. The number of halogens is 1. The Bertz CT molecular complexity index is 1150. The lowest BCUT2D eigenvalue weighted by molar-refractivity contribution is -0.384. The second kappa shape index (κ2) is 7.04. The van der Waals surface area contributed by atoms with Crippen LogP contribution in [0.25, 0.3) is 17.4 Å². The van der Waals surface area contributed by atoms with Crippen LogP contribution in [0.5, 0.6) is 0 Å². The van der Waals surface area contributed by atoms with E-state index in [1.807, 2.05) is 0 Å². The van der Waals surface area contributed by atoms with Crippen LogP contribution in [0.4, 0.5) is 15.8 Å². The molecule has 2 amide bonds. The molecule has 0 aliphatic carbocycles. The maximum absolute atomic E-state index is 13.1. The predicted molar refractivity (Wildman–Crippen MR) is 101 cm³/mol. The Hall–Kier alpha value is -4.27. The molecular weight excluding hydrogens is 381 g/mol. The molecule has 8 nitrogen and oxygen atoms in total. The molecule has 3 aromatic rings. The average Bonchev–Trinajstić information content (AvgIpc) is 3.29. The van der Waals surface area contributed by atoms with Crippen LogP contribution in [0.2, 0.25) is 0 Å². The zero-order valence-electron chi connectivity index (χ0n) is 14.7. The molecule has 1 aliphatic rings. The van der Waals surface area contributed by atoms with E-state index in [4.69, 9.17) is 4.42 Å². The van der Waals surface area contributed by atoms with Gasteiger partial charge in [0, 0.05) is 17.7 Å². The molecule has 0 unspecified atom stereocenters. The number of nitrogens with zero attached hydrogens (tertiary/aromatic N) is 2. The van der Waals surface area contributed by atoms with E-state index in [1.54, 1.807) is 12.1 Å². The minimum absolute atomic E-state index is 0.0447. The number of carbonyl (C=O) groups excluding carboxylic acids is 2. The van der Waals surface area contributed by atoms with Crippen LogP contribution in [-0.4, -0.2) is 16.7 Å². The van der Waals surface area contributed by atoms with Crippen LogP contribution in [0.15, 0.2) is 70.7 Å². The fourth-order valence-electron chi connectivity index (χ4n) is 2.80. The van der Waals surface area contributed by atoms with Crippen molar-refractivity contribution in [2.24, 2.45) is 0 Å². The van der Waals surface area contributed by atoms with E-state index in [-0.39, 0.29) is 17.0 Å². The maximum atomic E-state index is 13.1. The second-order valence-electron chi connectivity index (χ2n) is 6.12. The summed E-state index contributed by atoms with van der Waals surface area (Å²) >= 11 is 0. The van der Waals surface area contributed by atoms with Crippen LogP contribution in [0.1, 0.15) is 5.76 Å². The van der Waals surface area contributed by atoms with Crippen LogP contribution < -0.4 is 10.4 Å². The van der Waals surface area contributed by atoms with Crippen LogP contribution >= 0.6 is 0 Å². The monoisotopic (exact) mass is 393 g/mol. The third-order valence-corrected chi connectivity index (χ3v) is 4.25. The highest BCUT2D eigenvalue weighted by Gasteiger charge is 2.34. The molecule has 0 atom stereocenters. The minimum atomic E-state index is -0.618. The van der Waals surface area contributed by atoms with E-state index in [9.17, 15) is 24.1 Å². The zero-order chi connectivity index (χ0) is 20.5. The van der Waals surface area contributed by atoms with E-state index in [0.29, 0.717) is 17.0 Å². The Morgan fingerprint density at radius 2 is 1.69 bits per heavy atom. The summed E-state index contributed by atoms with van der Waals surface area (Å²) < 4.78 is 18.7. The number of carbonyl (C=O) groups is 2. The summed E-state index contributed by atoms with van der Waals surface area (Å²) in [5.74, 6) is -0.995. The van der Waals surface area contributed by atoms with Gasteiger partial charge in [0.05, 0.1) is 10.6 Å². The smallest absolute Gasteiger partial charge is 0.282 e. The van der Waals surface area contributed by atoms with Gasteiger partial charge in [-0.05, 0) is 54.6 Å². The molecule has 1 fully saturated rings. The van der Waals surface area contributed by atoms with Crippen molar-refractivity contribution in [2.75, 3.05) is 5.01 Å². The van der Waals surface area contributed by atoms with Crippen molar-refractivity contribution in [3.05, 3.63) is 87.9 Å². The van der Waals surface area contributed by atoms with Crippen LogP contribution in [0.3, 0.4) is 0 Å². The third kappa shape index (κ3) is 3.48. The average molecular weight is 393 g/mol. The number of nitro benzene ring substituents is 1. The lowest BCUT2D eigenvalue weighted by Gasteiger charge is -2.14. The maximum Gasteiger partial charge on any atom is 0.282 e. The van der Waals surface area contributed by atoms with Crippen molar-refractivity contribution in [3.63, 3.8) is 0 Å². The summed E-state index contributed by atoms with van der Waals surface area (Å²) in [7, 11) is 0. The topological polar surface area (TPSA) is 106 Å². The lowest BCUT2D eigenvalue weighted by atomic mass is 10.1. The number of nitrogens with one attached hydrogen (secondary N) is 1. The fraction of sp³-hybridized carbons (Fsp3) is 0. The van der Waals surface area contributed by atoms with Gasteiger partial charge in [-0.2, -0.15) is 0 Å². The van der Waals surface area contributed by atoms with Crippen molar-refractivity contribution in [1.29, 1.82) is 0 Å². The molecule has 0 bridgehead atoms. The van der Waals surface area contributed by atoms with Crippen molar-refractivity contribution in [3.8, 4) is 11.3 Å². The summed E-state index contributed by atoms with van der Waals surface area (Å²) in [6, 6.07) is 14.1. The molecule has 1 aromatic heterocycles. The van der Waals surface area contributed by atoms with Gasteiger partial charge in [-0.15, -0.1) is 0 Å². The van der Waals surface area contributed by atoms with E-state index in [0.717, 1.165) is 5.01 Å². The quantitative estimate of drug-likeness (QED) is 0.316. The number of hydrazine groups is 1. The summed E-state index contributed by atoms with van der Waals surface area (Å²) in [6.07, 6.45) is 1.30. The number of nitro groups is 1. The van der Waals surface area contributed by atoms with Gasteiger partial charge in [0.15, 0.2) is 0 Å². The first-order valence-corrected chi connectivity index (χ1v) is 8.40. The van der Waals surface area contributed by atoms with Gasteiger partial charge >= 0.3 is 0 Å². The summed E-state index contributed by atoms with van der Waals surface area (Å²) in [4.78, 5) is 35.0. The van der Waals surface area contributed by atoms with Gasteiger partial charge in [0.1, 0.15) is 22.9 Å². The van der Waals surface area contributed by atoms with Crippen molar-refractivity contribution >= 4 is 29.3 Å². The predicted octanol–water partition coefficient (Wildman–Crippen LogP) is 3.46. The van der Waals surface area contributed by atoms with Gasteiger partial charge in [-0.25, -0.2) is 9.40 Å². The highest BCUT2D eigenvalue weighted by Crippen LogP contribution is 2.27. The highest BCUT2D eigenvalue weighted by atomic mass is 19.1. The Balaban J connectivity index is 1.58. The Kier molecular flexibility index (Phi) is 4.40. The standard InChI is InChI=1S/C20H12FN3O5/c21-13-3-7-14(8-4-13)23-20(26)17(19(25)22-23)11-16-9-10-18(29-16)12-1-5-15(6-2-12)24(27)28/h1-11H,(H,22,25)/b17-11-. The molecular formula is C20H12FN3O5. The van der Waals surface area contributed by atoms with E-state index in [1.165, 1.54) is 54.6 Å². The molecule has 2 aromatic carbocycles. The first-order chi connectivity index (χ1) is 13.9. The van der Waals surface area contributed by atoms with Crippen molar-refractivity contribution in [1.82, 2.24) is 5.43 Å². The molecule has 0 spiro atoms. The number of rotatable bonds is 4. The number of hydrogen-bond acceptors (Lipinski definition) is 5. The van der Waals surface area contributed by atoms with Crippen molar-refractivity contribution in [2.45, 2.75) is 0 Å². The van der Waals surface area contributed by atoms with E-state index >= 15 is 0 Å². The molecule has 9 heteroatoms. The Labute approximate surface area is 163 Å². The minimum Gasteiger partial charge on any atom is -0.457 e. The van der Waals surface area contributed by atoms with Gasteiger partial charge in [-0.3, -0.25) is 25.1 Å². The largest absolute Gasteiger partial charge is 0.457 e. The van der Waals surface area contributed by atoms with Crippen LogP contribution in [-0.2, 0) is 9.59 Å². The SMILES string of the molecule is O=C1NN(c2ccc(F)cc2)C(=O)/C1=C\c1ccc(-c2ccc([N+](=O)[O-])cc2)o1. The molecule has 0 saturated carbocycles. The second-order valence-corrected chi connectivity index (χ2v) is 6.12. The fourth-order valence-corrected chi connectivity index (χ4v) is 2.80. The molecule has 4 rings (SSSR count). The molecule has 1 N–H and O–H groups in total. The van der Waals surface area contributed by atoms with Crippen LogP contribution in [0, 0.1) is 15.9 Å². The number of non-ortho nitro benzene ring substituents is 1. The first-order valence-electron chi connectivity index (χ1n) is 8.40. The molecule has 0 radical (unpaired) electrons. The van der Waals surface area contributed by atoms with Gasteiger partial charge < -0.3 is 4.42 Å². The molecule has 29 heavy (non-hydrogen) atoms. The number of hydrogen-bond donors (Lipinski definition) is 1. The number of furan rings is 1. The summed E-state index contributed by atoms with van der Waals surface area (Å²) in [5, 5.41) is 11.8. The molecule has 144 valence electrons. The Morgan fingerprint density at radius 3 is 2.34 bits per heavy atom. The molecule has 1 saturated heterocycles.